The van der Waals surface area contributed by atoms with Crippen LogP contribution in [-0.2, 0) is 16.1 Å². The van der Waals surface area contributed by atoms with Crippen molar-refractivity contribution in [3.05, 3.63) is 54.1 Å². The van der Waals surface area contributed by atoms with Crippen molar-refractivity contribution in [2.45, 2.75) is 90.4 Å². The Bertz CT molecular complexity index is 635. The van der Waals surface area contributed by atoms with E-state index in [4.69, 9.17) is 4.84 Å². The topological polar surface area (TPSA) is 29.5 Å². The van der Waals surface area contributed by atoms with Crippen LogP contribution in [-0.4, -0.2) is 12.5 Å². The van der Waals surface area contributed by atoms with E-state index in [-0.39, 0.29) is 5.97 Å². The first-order valence-electron chi connectivity index (χ1n) is 11.7. The molecule has 0 atom stereocenters. The number of rotatable bonds is 15. The van der Waals surface area contributed by atoms with Crippen LogP contribution in [0.2, 0.25) is 0 Å². The van der Waals surface area contributed by atoms with Crippen molar-refractivity contribution in [3.8, 4) is 0 Å². The van der Waals surface area contributed by atoms with Crippen LogP contribution in [0.1, 0.15) is 89.5 Å². The Kier molecular flexibility index (Phi) is 11.9. The maximum Gasteiger partial charge on any atom is 0.332 e. The Morgan fingerprint density at radius 3 is 2.41 bits per heavy atom. The van der Waals surface area contributed by atoms with Crippen LogP contribution in [0.3, 0.4) is 0 Å². The molecule has 0 N–H and O–H groups in total. The van der Waals surface area contributed by atoms with Crippen molar-refractivity contribution in [1.29, 1.82) is 0 Å². The smallest absolute Gasteiger partial charge is 0.332 e. The first-order valence-corrected chi connectivity index (χ1v) is 11.7. The molecule has 0 saturated heterocycles. The Balaban J connectivity index is 1.41. The highest BCUT2D eigenvalue weighted by Crippen LogP contribution is 2.27. The molecule has 0 bridgehead atoms. The highest BCUT2D eigenvalue weighted by Gasteiger charge is 2.21. The van der Waals surface area contributed by atoms with Crippen molar-refractivity contribution < 1.29 is 9.63 Å². The molecular formula is C26H39NO2. The highest BCUT2D eigenvalue weighted by molar-refractivity contribution is 5.71. The van der Waals surface area contributed by atoms with Crippen LogP contribution >= 0.6 is 0 Å². The summed E-state index contributed by atoms with van der Waals surface area (Å²) in [5.41, 5.74) is 2.30. The van der Waals surface area contributed by atoms with Crippen molar-refractivity contribution >= 4 is 11.7 Å². The van der Waals surface area contributed by atoms with Crippen molar-refractivity contribution in [3.63, 3.8) is 0 Å². The van der Waals surface area contributed by atoms with E-state index in [9.17, 15) is 4.79 Å². The fraction of sp³-hybridized carbons (Fsp3) is 0.577. The number of nitrogens with zero attached hydrogens (tertiary/aromatic N) is 1. The van der Waals surface area contributed by atoms with Gasteiger partial charge in [-0.2, -0.15) is 0 Å². The molecule has 0 radical (unpaired) electrons. The summed E-state index contributed by atoms with van der Waals surface area (Å²) in [7, 11) is 0. The van der Waals surface area contributed by atoms with Gasteiger partial charge in [0.05, 0.1) is 12.2 Å². The third kappa shape index (κ3) is 9.83. The molecule has 1 aromatic carbocycles. The number of unbranched alkanes of at least 4 members (excludes halogenated alkanes) is 8. The van der Waals surface area contributed by atoms with E-state index in [1.54, 1.807) is 5.06 Å². The molecular weight excluding hydrogens is 358 g/mol. The molecule has 1 heterocycles. The second-order valence-corrected chi connectivity index (χ2v) is 7.92. The lowest BCUT2D eigenvalue weighted by Gasteiger charge is -2.17. The lowest BCUT2D eigenvalue weighted by molar-refractivity contribution is -0.145. The van der Waals surface area contributed by atoms with Gasteiger partial charge in [-0.3, -0.25) is 0 Å². The van der Waals surface area contributed by atoms with Crippen molar-refractivity contribution in [1.82, 2.24) is 0 Å². The van der Waals surface area contributed by atoms with E-state index in [0.29, 0.717) is 6.42 Å². The molecule has 0 saturated carbocycles. The zero-order valence-corrected chi connectivity index (χ0v) is 18.3. The third-order valence-electron chi connectivity index (χ3n) is 5.39. The number of fused-ring (bicyclic) bond motifs is 1. The van der Waals surface area contributed by atoms with E-state index in [1.807, 2.05) is 18.2 Å². The van der Waals surface area contributed by atoms with Crippen LogP contribution in [0.15, 0.2) is 48.6 Å². The summed E-state index contributed by atoms with van der Waals surface area (Å²) in [5, 5.41) is 1.75. The molecule has 1 aliphatic rings. The van der Waals surface area contributed by atoms with Gasteiger partial charge in [0.25, 0.3) is 0 Å². The minimum Gasteiger partial charge on any atom is -0.341 e. The van der Waals surface area contributed by atoms with E-state index >= 15 is 0 Å². The first-order chi connectivity index (χ1) is 14.3. The molecule has 1 aromatic rings. The zero-order chi connectivity index (χ0) is 20.6. The van der Waals surface area contributed by atoms with E-state index in [2.05, 4.69) is 37.3 Å². The van der Waals surface area contributed by atoms with Crippen molar-refractivity contribution in [2.75, 3.05) is 11.6 Å². The number of carbonyl (C=O) groups excluding carboxylic acids is 1. The number of benzene rings is 1. The van der Waals surface area contributed by atoms with Gasteiger partial charge in [-0.1, -0.05) is 81.5 Å². The van der Waals surface area contributed by atoms with Gasteiger partial charge >= 0.3 is 5.97 Å². The second kappa shape index (κ2) is 14.9. The molecule has 0 fully saturated rings. The summed E-state index contributed by atoms with van der Waals surface area (Å²) < 4.78 is 0. The van der Waals surface area contributed by atoms with E-state index < -0.39 is 0 Å². The van der Waals surface area contributed by atoms with E-state index in [1.165, 1.54) is 56.9 Å². The van der Waals surface area contributed by atoms with E-state index in [0.717, 1.165) is 37.9 Å². The monoisotopic (exact) mass is 397 g/mol. The molecule has 2 rings (SSSR count). The highest BCUT2D eigenvalue weighted by atomic mass is 16.7. The summed E-state index contributed by atoms with van der Waals surface area (Å²) >= 11 is 0. The quantitative estimate of drug-likeness (QED) is 0.229. The minimum absolute atomic E-state index is 0.104. The number of anilines is 1. The average molecular weight is 398 g/mol. The number of allylic oxidation sites excluding steroid dienone is 4. The van der Waals surface area contributed by atoms with Gasteiger partial charge in [0.15, 0.2) is 0 Å². The van der Waals surface area contributed by atoms with Crippen LogP contribution < -0.4 is 5.06 Å². The molecule has 3 heteroatoms. The molecule has 0 unspecified atom stereocenters. The van der Waals surface area contributed by atoms with Crippen molar-refractivity contribution in [2.24, 2.45) is 0 Å². The Hall–Kier alpha value is -2.03. The number of hydrogen-bond donors (Lipinski definition) is 0. The first kappa shape index (κ1) is 23.3. The molecule has 3 nitrogen and oxygen atoms in total. The second-order valence-electron chi connectivity index (χ2n) is 7.92. The third-order valence-corrected chi connectivity index (χ3v) is 5.39. The molecule has 29 heavy (non-hydrogen) atoms. The normalized spacial score (nSPS) is 13.5. The average Bonchev–Trinajstić information content (AvgIpc) is 3.14. The Morgan fingerprint density at radius 2 is 1.62 bits per heavy atom. The van der Waals surface area contributed by atoms with Gasteiger partial charge < -0.3 is 4.84 Å². The summed E-state index contributed by atoms with van der Waals surface area (Å²) in [6.45, 7) is 3.02. The van der Waals surface area contributed by atoms with Gasteiger partial charge in [-0.25, -0.2) is 9.86 Å². The maximum atomic E-state index is 12.1. The zero-order valence-electron chi connectivity index (χ0n) is 18.3. The molecule has 0 aromatic heterocycles. The largest absolute Gasteiger partial charge is 0.341 e. The fourth-order valence-corrected chi connectivity index (χ4v) is 3.65. The van der Waals surface area contributed by atoms with Gasteiger partial charge in [0.2, 0.25) is 0 Å². The minimum atomic E-state index is -0.104. The Morgan fingerprint density at radius 1 is 0.931 bits per heavy atom. The molecule has 0 spiro atoms. The predicted octanol–water partition coefficient (Wildman–Crippen LogP) is 7.32. The lowest BCUT2D eigenvalue weighted by atomic mass is 10.1. The Labute approximate surface area is 177 Å². The molecule has 0 aliphatic carbocycles. The van der Waals surface area contributed by atoms with Gasteiger partial charge in [-0.15, -0.1) is 0 Å². The molecule has 1 aliphatic heterocycles. The summed E-state index contributed by atoms with van der Waals surface area (Å²) in [5.74, 6) is -0.104. The van der Waals surface area contributed by atoms with Gasteiger partial charge in [0.1, 0.15) is 0 Å². The summed E-state index contributed by atoms with van der Waals surface area (Å²) in [6.07, 6.45) is 23.8. The van der Waals surface area contributed by atoms with Crippen LogP contribution in [0.5, 0.6) is 0 Å². The summed E-state index contributed by atoms with van der Waals surface area (Å²) in [6, 6.07) is 8.15. The standard InChI is InChI=1S/C26H39NO2/c1-2-3-4-5-6-7-8-9-10-11-12-13-14-15-16-21-26(28)29-27-23-22-24-19-17-18-20-25(24)27/h6-7,9-10,17-20H,2-5,8,11-16,21-23H2,1H3/b7-6-,10-9-. The number of carbonyl (C=O) groups is 1. The number of hydroxylamine groups is 1. The predicted molar refractivity (Wildman–Crippen MR) is 123 cm³/mol. The van der Waals surface area contributed by atoms with Crippen LogP contribution in [0, 0.1) is 0 Å². The maximum absolute atomic E-state index is 12.1. The van der Waals surface area contributed by atoms with Gasteiger partial charge in [0, 0.05) is 6.42 Å². The number of hydrogen-bond acceptors (Lipinski definition) is 3. The van der Waals surface area contributed by atoms with Crippen LogP contribution in [0.25, 0.3) is 0 Å². The summed E-state index contributed by atoms with van der Waals surface area (Å²) in [4.78, 5) is 17.6. The molecule has 0 amide bonds. The fourth-order valence-electron chi connectivity index (χ4n) is 3.65. The number of para-hydroxylation sites is 1. The van der Waals surface area contributed by atoms with Gasteiger partial charge in [-0.05, 0) is 56.6 Å². The lowest BCUT2D eigenvalue weighted by Crippen LogP contribution is -2.25. The van der Waals surface area contributed by atoms with Crippen LogP contribution in [0.4, 0.5) is 5.69 Å². The molecule has 160 valence electrons. The SMILES string of the molecule is CCCCC/C=C\C/C=C\CCCCCCCC(=O)ON1CCc2ccccc21.